The molecule has 0 aliphatic rings. The Morgan fingerprint density at radius 2 is 1.77 bits per heavy atom. The molecule has 0 aliphatic carbocycles. The van der Waals surface area contributed by atoms with Crippen LogP contribution in [-0.2, 0) is 16.4 Å². The normalized spacial score (nSPS) is 11.3. The third-order valence-electron chi connectivity index (χ3n) is 4.56. The number of hydrogen-bond acceptors (Lipinski definition) is 3. The van der Waals surface area contributed by atoms with Crippen molar-refractivity contribution < 1.29 is 17.6 Å². The van der Waals surface area contributed by atoms with Gasteiger partial charge in [0.1, 0.15) is 5.82 Å². The van der Waals surface area contributed by atoms with Crippen molar-refractivity contribution >= 4 is 33.2 Å². The summed E-state index contributed by atoms with van der Waals surface area (Å²) < 4.78 is 41.9. The minimum Gasteiger partial charge on any atom is -0.322 e. The summed E-state index contributed by atoms with van der Waals surface area (Å²) in [7, 11) is -3.91. The molecule has 0 unspecified atom stereocenters. The minimum atomic E-state index is -3.91. The Morgan fingerprint density at radius 1 is 1.03 bits per heavy atom. The molecule has 1 amide bonds. The molecule has 5 nitrogen and oxygen atoms in total. The highest BCUT2D eigenvalue weighted by Gasteiger charge is 2.20. The van der Waals surface area contributed by atoms with Gasteiger partial charge in [0.15, 0.2) is 0 Å². The minimum absolute atomic E-state index is 0.174. The molecule has 0 radical (unpaired) electrons. The first-order valence-electron chi connectivity index (χ1n) is 9.17. The van der Waals surface area contributed by atoms with Crippen LogP contribution in [0.3, 0.4) is 0 Å². The van der Waals surface area contributed by atoms with Crippen LogP contribution in [-0.4, -0.2) is 20.9 Å². The summed E-state index contributed by atoms with van der Waals surface area (Å²) in [5.74, 6) is -1.59. The molecule has 3 rings (SSSR count). The Balaban J connectivity index is 1.76. The fourth-order valence-corrected chi connectivity index (χ4v) is 4.07. The fraction of sp³-hybridized carbons (Fsp3) is 0.136. The van der Waals surface area contributed by atoms with Crippen molar-refractivity contribution in [2.24, 2.45) is 0 Å². The molecular weight excluding hydrogens is 427 g/mol. The summed E-state index contributed by atoms with van der Waals surface area (Å²) in [5.41, 5.74) is 1.65. The van der Waals surface area contributed by atoms with E-state index in [2.05, 4.69) is 10.0 Å². The average Bonchev–Trinajstić information content (AvgIpc) is 2.72. The van der Waals surface area contributed by atoms with E-state index < -0.39 is 21.7 Å². The smallest absolute Gasteiger partial charge is 0.258 e. The summed E-state index contributed by atoms with van der Waals surface area (Å²) >= 11 is 6.04. The van der Waals surface area contributed by atoms with Crippen LogP contribution in [0.2, 0.25) is 5.02 Å². The van der Waals surface area contributed by atoms with Gasteiger partial charge in [0.2, 0.25) is 10.0 Å². The fourth-order valence-electron chi connectivity index (χ4n) is 2.84. The van der Waals surface area contributed by atoms with Gasteiger partial charge in [-0.15, -0.1) is 0 Å². The summed E-state index contributed by atoms with van der Waals surface area (Å²) in [4.78, 5) is 12.4. The van der Waals surface area contributed by atoms with Crippen molar-refractivity contribution in [3.05, 3.63) is 94.3 Å². The molecule has 30 heavy (non-hydrogen) atoms. The lowest BCUT2D eigenvalue weighted by atomic mass is 10.1. The monoisotopic (exact) mass is 446 g/mol. The maximum Gasteiger partial charge on any atom is 0.258 e. The van der Waals surface area contributed by atoms with Gasteiger partial charge in [0.25, 0.3) is 5.91 Å². The van der Waals surface area contributed by atoms with Crippen LogP contribution in [0.15, 0.2) is 71.6 Å². The van der Waals surface area contributed by atoms with Crippen LogP contribution >= 0.6 is 11.6 Å². The summed E-state index contributed by atoms with van der Waals surface area (Å²) in [5, 5.41) is 3.02. The SMILES string of the molecule is Cc1c(Cl)cccc1NC(=O)c1cc(S(=O)(=O)NCCc2ccccc2)ccc1F. The van der Waals surface area contributed by atoms with Crippen LogP contribution in [0.25, 0.3) is 0 Å². The van der Waals surface area contributed by atoms with Crippen molar-refractivity contribution in [3.63, 3.8) is 0 Å². The maximum absolute atomic E-state index is 14.3. The van der Waals surface area contributed by atoms with E-state index in [1.54, 1.807) is 25.1 Å². The van der Waals surface area contributed by atoms with Gasteiger partial charge >= 0.3 is 0 Å². The standard InChI is InChI=1S/C22H20ClFN2O3S/c1-15-19(23)8-5-9-21(15)26-22(27)18-14-17(10-11-20(18)24)30(28,29)25-13-12-16-6-3-2-4-7-16/h2-11,14,25H,12-13H2,1H3,(H,26,27). The molecule has 0 saturated heterocycles. The first-order chi connectivity index (χ1) is 14.3. The van der Waals surface area contributed by atoms with Gasteiger partial charge in [-0.1, -0.05) is 48.0 Å². The molecule has 3 aromatic carbocycles. The van der Waals surface area contributed by atoms with Crippen LogP contribution in [0.1, 0.15) is 21.5 Å². The third-order valence-corrected chi connectivity index (χ3v) is 6.43. The lowest BCUT2D eigenvalue weighted by molar-refractivity contribution is 0.102. The second-order valence-corrected chi connectivity index (χ2v) is 8.82. The van der Waals surface area contributed by atoms with E-state index in [4.69, 9.17) is 11.6 Å². The molecule has 0 heterocycles. The first-order valence-corrected chi connectivity index (χ1v) is 11.0. The zero-order chi connectivity index (χ0) is 21.7. The number of hydrogen-bond donors (Lipinski definition) is 2. The molecule has 0 spiro atoms. The molecule has 0 aliphatic heterocycles. The largest absolute Gasteiger partial charge is 0.322 e. The quantitative estimate of drug-likeness (QED) is 0.558. The lowest BCUT2D eigenvalue weighted by Crippen LogP contribution is -2.26. The van der Waals surface area contributed by atoms with Crippen LogP contribution in [0, 0.1) is 12.7 Å². The third kappa shape index (κ3) is 5.24. The molecule has 3 aromatic rings. The Morgan fingerprint density at radius 3 is 2.50 bits per heavy atom. The Labute approximate surface area is 179 Å². The molecule has 2 N–H and O–H groups in total. The van der Waals surface area contributed by atoms with Crippen molar-refractivity contribution in [2.45, 2.75) is 18.2 Å². The maximum atomic E-state index is 14.3. The number of carbonyl (C=O) groups is 1. The van der Waals surface area contributed by atoms with Gasteiger partial charge in [0, 0.05) is 17.3 Å². The summed E-state index contributed by atoms with van der Waals surface area (Å²) in [6.07, 6.45) is 0.503. The van der Waals surface area contributed by atoms with Gasteiger partial charge in [0.05, 0.1) is 10.5 Å². The van der Waals surface area contributed by atoms with Crippen LogP contribution in [0.5, 0.6) is 0 Å². The van der Waals surface area contributed by atoms with Crippen molar-refractivity contribution in [3.8, 4) is 0 Å². The van der Waals surface area contributed by atoms with Crippen molar-refractivity contribution in [2.75, 3.05) is 11.9 Å². The molecule has 0 bridgehead atoms. The van der Waals surface area contributed by atoms with Gasteiger partial charge in [-0.2, -0.15) is 0 Å². The molecule has 8 heteroatoms. The Hall–Kier alpha value is -2.74. The zero-order valence-electron chi connectivity index (χ0n) is 16.2. The second-order valence-electron chi connectivity index (χ2n) is 6.64. The first kappa shape index (κ1) is 22.0. The highest BCUT2D eigenvalue weighted by Crippen LogP contribution is 2.24. The summed E-state index contributed by atoms with van der Waals surface area (Å²) in [6.45, 7) is 1.89. The highest BCUT2D eigenvalue weighted by atomic mass is 35.5. The highest BCUT2D eigenvalue weighted by molar-refractivity contribution is 7.89. The molecule has 156 valence electrons. The number of carbonyl (C=O) groups excluding carboxylic acids is 1. The van der Waals surface area contributed by atoms with Crippen molar-refractivity contribution in [1.29, 1.82) is 0 Å². The number of amides is 1. The van der Waals surface area contributed by atoms with E-state index in [1.807, 2.05) is 30.3 Å². The predicted octanol–water partition coefficient (Wildman–Crippen LogP) is 4.56. The van der Waals surface area contributed by atoms with Crippen LogP contribution in [0.4, 0.5) is 10.1 Å². The molecular formula is C22H20ClFN2O3S. The number of rotatable bonds is 7. The van der Waals surface area contributed by atoms with E-state index in [9.17, 15) is 17.6 Å². The van der Waals surface area contributed by atoms with E-state index in [0.29, 0.717) is 22.7 Å². The second kappa shape index (κ2) is 9.38. The number of anilines is 1. The molecule has 0 atom stereocenters. The number of sulfonamides is 1. The number of halogens is 2. The van der Waals surface area contributed by atoms with E-state index in [1.165, 1.54) is 0 Å². The van der Waals surface area contributed by atoms with Crippen LogP contribution < -0.4 is 10.0 Å². The van der Waals surface area contributed by atoms with Gasteiger partial charge < -0.3 is 5.32 Å². The van der Waals surface area contributed by atoms with Gasteiger partial charge in [-0.25, -0.2) is 17.5 Å². The number of nitrogens with one attached hydrogen (secondary N) is 2. The molecule has 0 saturated carbocycles. The van der Waals surface area contributed by atoms with E-state index in [-0.39, 0.29) is 17.0 Å². The topological polar surface area (TPSA) is 75.3 Å². The zero-order valence-corrected chi connectivity index (χ0v) is 17.7. The van der Waals surface area contributed by atoms with E-state index >= 15 is 0 Å². The lowest BCUT2D eigenvalue weighted by Gasteiger charge is -2.12. The van der Waals surface area contributed by atoms with Gasteiger partial charge in [-0.05, 0) is 54.8 Å². The Bertz CT molecular complexity index is 1170. The van der Waals surface area contributed by atoms with Gasteiger partial charge in [-0.3, -0.25) is 4.79 Å². The number of benzene rings is 3. The molecule has 0 aromatic heterocycles. The molecule has 0 fully saturated rings. The van der Waals surface area contributed by atoms with Crippen molar-refractivity contribution in [1.82, 2.24) is 4.72 Å². The summed E-state index contributed by atoms with van der Waals surface area (Å²) in [6, 6.07) is 17.5. The predicted molar refractivity (Wildman–Crippen MR) is 116 cm³/mol. The van der Waals surface area contributed by atoms with E-state index in [0.717, 1.165) is 23.8 Å². The Kier molecular flexibility index (Phi) is 6.87. The average molecular weight is 447 g/mol.